The van der Waals surface area contributed by atoms with Crippen LogP contribution in [-0.2, 0) is 5.41 Å². The van der Waals surface area contributed by atoms with E-state index in [-0.39, 0.29) is 5.41 Å². The largest absolute Gasteiger partial charge is 0.456 e. The number of benzene rings is 7. The Labute approximate surface area is 305 Å². The maximum atomic E-state index is 6.57. The molecule has 9 aromatic rings. The van der Waals surface area contributed by atoms with Gasteiger partial charge in [0.1, 0.15) is 16.2 Å². The van der Waals surface area contributed by atoms with Crippen LogP contribution in [0.1, 0.15) is 43.2 Å². The van der Waals surface area contributed by atoms with Crippen LogP contribution in [-0.4, -0.2) is 4.98 Å². The molecule has 2 nitrogen and oxygen atoms in total. The molecule has 1 spiro atoms. The van der Waals surface area contributed by atoms with Gasteiger partial charge in [0.15, 0.2) is 0 Å². The van der Waals surface area contributed by atoms with Gasteiger partial charge >= 0.3 is 0 Å². The second-order valence-electron chi connectivity index (χ2n) is 16.3. The van der Waals surface area contributed by atoms with E-state index in [4.69, 9.17) is 9.40 Å². The highest BCUT2D eigenvalue weighted by Crippen LogP contribution is 2.70. The number of para-hydroxylation sites is 1. The molecule has 0 atom stereocenters. The molecule has 3 heteroatoms. The van der Waals surface area contributed by atoms with Gasteiger partial charge in [-0.3, -0.25) is 0 Å². The third-order valence-electron chi connectivity index (χ3n) is 13.8. The van der Waals surface area contributed by atoms with Crippen LogP contribution in [0, 0.1) is 23.7 Å². The first-order valence-corrected chi connectivity index (χ1v) is 19.9. The minimum Gasteiger partial charge on any atom is -0.456 e. The predicted octanol–water partition coefficient (Wildman–Crippen LogP) is 13.6. The maximum Gasteiger partial charge on any atom is 0.136 e. The van der Waals surface area contributed by atoms with Crippen LogP contribution < -0.4 is 0 Å². The molecule has 0 unspecified atom stereocenters. The van der Waals surface area contributed by atoms with Crippen LogP contribution in [0.25, 0.3) is 86.5 Å². The zero-order chi connectivity index (χ0) is 33.7. The van der Waals surface area contributed by atoms with Gasteiger partial charge in [0.05, 0.1) is 10.2 Å². The highest BCUT2D eigenvalue weighted by molar-refractivity contribution is 7.21. The Kier molecular flexibility index (Phi) is 5.45. The van der Waals surface area contributed by atoms with Crippen molar-refractivity contribution in [2.45, 2.75) is 37.5 Å². The fourth-order valence-corrected chi connectivity index (χ4v) is 13.0. The van der Waals surface area contributed by atoms with Crippen molar-refractivity contribution in [3.63, 3.8) is 0 Å². The Bertz CT molecular complexity index is 2940. The Morgan fingerprint density at radius 2 is 1.23 bits per heavy atom. The van der Waals surface area contributed by atoms with Gasteiger partial charge in [0.2, 0.25) is 0 Å². The molecular formula is C49H35NOS. The Morgan fingerprint density at radius 1 is 0.538 bits per heavy atom. The van der Waals surface area contributed by atoms with Crippen LogP contribution >= 0.6 is 11.3 Å². The first-order valence-electron chi connectivity index (χ1n) is 19.1. The lowest BCUT2D eigenvalue weighted by atomic mass is 9.43. The standard InChI is InChI=1S/C49H35NOS/c1-2-8-30-24-45-39(22-29(30)7-1)37-16-14-32(25-44(37)51-45)31-13-15-36-40-26-41(48-50-43-11-5-6-12-46(43)52-48)35-9-3-4-10-38(35)47(40)49(42(36)23-31)33-18-27-17-28(20-33)21-34(49)19-27/h1-16,22-28,33-34H,17-21H2. The van der Waals surface area contributed by atoms with Crippen molar-refractivity contribution in [2.24, 2.45) is 23.7 Å². The molecule has 5 aliphatic rings. The van der Waals surface area contributed by atoms with Gasteiger partial charge in [-0.1, -0.05) is 78.9 Å². The minimum atomic E-state index is 0.0450. The molecule has 0 amide bonds. The third kappa shape index (κ3) is 3.62. The Hall–Kier alpha value is -5.25. The summed E-state index contributed by atoms with van der Waals surface area (Å²) in [5.74, 6) is 3.15. The van der Waals surface area contributed by atoms with Gasteiger partial charge in [-0.2, -0.15) is 0 Å². The summed E-state index contributed by atoms with van der Waals surface area (Å²) in [5.41, 5.74) is 12.9. The smallest absolute Gasteiger partial charge is 0.136 e. The van der Waals surface area contributed by atoms with Crippen molar-refractivity contribution in [2.75, 3.05) is 0 Å². The molecule has 248 valence electrons. The summed E-state index contributed by atoms with van der Waals surface area (Å²) < 4.78 is 7.82. The van der Waals surface area contributed by atoms with Gasteiger partial charge in [-0.25, -0.2) is 4.98 Å². The predicted molar refractivity (Wildman–Crippen MR) is 216 cm³/mol. The zero-order valence-corrected chi connectivity index (χ0v) is 29.5. The zero-order valence-electron chi connectivity index (χ0n) is 28.7. The molecule has 0 N–H and O–H groups in total. The molecule has 14 rings (SSSR count). The van der Waals surface area contributed by atoms with Crippen molar-refractivity contribution in [3.05, 3.63) is 139 Å². The van der Waals surface area contributed by atoms with Crippen LogP contribution in [0.3, 0.4) is 0 Å². The fourth-order valence-electron chi connectivity index (χ4n) is 12.1. The summed E-state index contributed by atoms with van der Waals surface area (Å²) in [4.78, 5) is 5.21. The van der Waals surface area contributed by atoms with Crippen LogP contribution in [0.4, 0.5) is 0 Å². The van der Waals surface area contributed by atoms with Gasteiger partial charge in [0.25, 0.3) is 0 Å². The molecular weight excluding hydrogens is 651 g/mol. The number of hydrogen-bond donors (Lipinski definition) is 0. The normalized spacial score (nSPS) is 24.2. The summed E-state index contributed by atoms with van der Waals surface area (Å²) in [6.07, 6.45) is 6.91. The lowest BCUT2D eigenvalue weighted by Gasteiger charge is -2.61. The number of fused-ring (bicyclic) bond motifs is 10. The summed E-state index contributed by atoms with van der Waals surface area (Å²) in [6, 6.07) is 47.8. The Balaban J connectivity index is 1.05. The number of rotatable bonds is 2. The van der Waals surface area contributed by atoms with Crippen molar-refractivity contribution >= 4 is 65.0 Å². The molecule has 5 aliphatic carbocycles. The molecule has 52 heavy (non-hydrogen) atoms. The molecule has 2 aromatic heterocycles. The van der Waals surface area contributed by atoms with E-state index in [2.05, 4.69) is 127 Å². The van der Waals surface area contributed by atoms with Crippen LogP contribution in [0.2, 0.25) is 0 Å². The average Bonchev–Trinajstić information content (AvgIpc) is 3.85. The minimum absolute atomic E-state index is 0.0450. The number of nitrogens with zero attached hydrogens (tertiary/aromatic N) is 1. The van der Waals surface area contributed by atoms with Crippen molar-refractivity contribution in [1.29, 1.82) is 0 Å². The molecule has 4 fully saturated rings. The molecule has 7 aromatic carbocycles. The van der Waals surface area contributed by atoms with Crippen molar-refractivity contribution in [1.82, 2.24) is 4.98 Å². The van der Waals surface area contributed by atoms with E-state index >= 15 is 0 Å². The average molecular weight is 686 g/mol. The van der Waals surface area contributed by atoms with E-state index in [0.29, 0.717) is 11.8 Å². The van der Waals surface area contributed by atoms with E-state index < -0.39 is 0 Å². The first kappa shape index (κ1) is 28.3. The van der Waals surface area contributed by atoms with Gasteiger partial charge in [-0.15, -0.1) is 11.3 Å². The molecule has 0 saturated heterocycles. The second-order valence-corrected chi connectivity index (χ2v) is 17.4. The van der Waals surface area contributed by atoms with E-state index in [1.54, 1.807) is 11.1 Å². The molecule has 0 radical (unpaired) electrons. The third-order valence-corrected chi connectivity index (χ3v) is 14.9. The summed E-state index contributed by atoms with van der Waals surface area (Å²) in [7, 11) is 0. The number of hydrogen-bond acceptors (Lipinski definition) is 3. The highest BCUT2D eigenvalue weighted by atomic mass is 32.1. The first-order chi connectivity index (χ1) is 25.7. The number of furan rings is 1. The lowest BCUT2D eigenvalue weighted by molar-refractivity contribution is -0.0393. The van der Waals surface area contributed by atoms with Gasteiger partial charge in [-0.05, 0) is 159 Å². The monoisotopic (exact) mass is 685 g/mol. The van der Waals surface area contributed by atoms with E-state index in [1.807, 2.05) is 11.3 Å². The molecule has 2 heterocycles. The fraction of sp³-hybridized carbons (Fsp3) is 0.204. The number of aromatic nitrogens is 1. The maximum absolute atomic E-state index is 6.57. The van der Waals surface area contributed by atoms with Crippen LogP contribution in [0.5, 0.6) is 0 Å². The topological polar surface area (TPSA) is 26.0 Å². The van der Waals surface area contributed by atoms with E-state index in [1.165, 1.54) is 96.9 Å². The van der Waals surface area contributed by atoms with E-state index in [9.17, 15) is 0 Å². The molecule has 4 saturated carbocycles. The lowest BCUT2D eigenvalue weighted by Crippen LogP contribution is -2.55. The molecule has 4 bridgehead atoms. The van der Waals surface area contributed by atoms with Crippen LogP contribution in [0.15, 0.2) is 132 Å². The van der Waals surface area contributed by atoms with Crippen molar-refractivity contribution in [3.8, 4) is 32.8 Å². The van der Waals surface area contributed by atoms with Gasteiger partial charge in [0, 0.05) is 21.8 Å². The van der Waals surface area contributed by atoms with Gasteiger partial charge < -0.3 is 4.42 Å². The summed E-state index contributed by atoms with van der Waals surface area (Å²) >= 11 is 1.82. The SMILES string of the molecule is c1ccc2cc3c(cc2c1)oc1cc(-c2ccc4c(c2)C2(c5c-4cc(-c4nc6ccccc6s4)c4ccccc54)C4CC5CC(C4)CC2C5)ccc13. The summed E-state index contributed by atoms with van der Waals surface area (Å²) in [6.45, 7) is 0. The second kappa shape index (κ2) is 9.99. The molecule has 0 aliphatic heterocycles. The van der Waals surface area contributed by atoms with E-state index in [0.717, 1.165) is 33.5 Å². The summed E-state index contributed by atoms with van der Waals surface area (Å²) in [5, 5.41) is 8.75. The quantitative estimate of drug-likeness (QED) is 0.181. The number of thiazole rings is 1. The van der Waals surface area contributed by atoms with Crippen molar-refractivity contribution < 1.29 is 4.42 Å². The Morgan fingerprint density at radius 3 is 2.06 bits per heavy atom. The highest BCUT2D eigenvalue weighted by Gasteiger charge is 2.62.